The van der Waals surface area contributed by atoms with E-state index in [1.54, 1.807) is 0 Å². The van der Waals surface area contributed by atoms with Gasteiger partial charge in [0.25, 0.3) is 0 Å². The molecule has 0 aliphatic carbocycles. The predicted molar refractivity (Wildman–Crippen MR) is 381 cm³/mol. The van der Waals surface area contributed by atoms with Crippen LogP contribution in [0.1, 0.15) is 382 Å². The van der Waals surface area contributed by atoms with E-state index in [9.17, 15) is 43.2 Å². The number of carbonyl (C=O) groups excluding carboxylic acids is 4. The third kappa shape index (κ3) is 68.6. The Morgan fingerprint density at radius 2 is 0.489 bits per heavy atom. The average Bonchev–Trinajstić information content (AvgIpc) is 1.60. The van der Waals surface area contributed by atoms with Gasteiger partial charge in [0.2, 0.25) is 0 Å². The zero-order valence-corrected chi connectivity index (χ0v) is 63.2. The number of phosphoric ester groups is 2. The first-order valence-corrected chi connectivity index (χ1v) is 41.8. The Balaban J connectivity index is 5.15. The zero-order valence-electron chi connectivity index (χ0n) is 61.4. The summed E-state index contributed by atoms with van der Waals surface area (Å²) in [6, 6.07) is 0. The molecule has 19 heteroatoms. The van der Waals surface area contributed by atoms with Crippen molar-refractivity contribution in [3.05, 3.63) is 0 Å². The second kappa shape index (κ2) is 65.7. The van der Waals surface area contributed by atoms with Crippen LogP contribution in [0.2, 0.25) is 0 Å². The summed E-state index contributed by atoms with van der Waals surface area (Å²) in [4.78, 5) is 72.5. The molecule has 0 radical (unpaired) electrons. The molecule has 0 rings (SSSR count). The van der Waals surface area contributed by atoms with Gasteiger partial charge in [-0.2, -0.15) is 0 Å². The number of rotatable bonds is 73. The fraction of sp³-hybridized carbons (Fsp3) is 0.947. The van der Waals surface area contributed by atoms with E-state index < -0.39 is 97.5 Å². The van der Waals surface area contributed by atoms with Crippen molar-refractivity contribution in [3.63, 3.8) is 0 Å². The molecule has 0 fully saturated rings. The van der Waals surface area contributed by atoms with Crippen molar-refractivity contribution in [1.82, 2.24) is 0 Å². The van der Waals surface area contributed by atoms with Crippen molar-refractivity contribution in [2.75, 3.05) is 39.6 Å². The van der Waals surface area contributed by atoms with E-state index in [0.717, 1.165) is 115 Å². The summed E-state index contributed by atoms with van der Waals surface area (Å²) in [6.07, 6.45) is 51.8. The predicted octanol–water partition coefficient (Wildman–Crippen LogP) is 21.8. The summed E-state index contributed by atoms with van der Waals surface area (Å²) >= 11 is 0. The minimum atomic E-state index is -4.96. The molecule has 94 heavy (non-hydrogen) atoms. The molecule has 0 aromatic carbocycles. The Morgan fingerprint density at radius 1 is 0.287 bits per heavy atom. The number of aliphatic hydroxyl groups excluding tert-OH is 1. The Hall–Kier alpha value is -1.94. The number of ether oxygens (including phenoxy) is 4. The van der Waals surface area contributed by atoms with E-state index in [1.165, 1.54) is 180 Å². The molecule has 0 aromatic heterocycles. The Labute approximate surface area is 575 Å². The fourth-order valence-corrected chi connectivity index (χ4v) is 13.0. The first-order chi connectivity index (χ1) is 45.2. The summed E-state index contributed by atoms with van der Waals surface area (Å²) < 4.78 is 68.3. The minimum Gasteiger partial charge on any atom is -0.462 e. The summed E-state index contributed by atoms with van der Waals surface area (Å²) in [5.41, 5.74) is 0. The summed E-state index contributed by atoms with van der Waals surface area (Å²) in [6.45, 7) is 11.8. The highest BCUT2D eigenvalue weighted by molar-refractivity contribution is 7.47. The van der Waals surface area contributed by atoms with Crippen LogP contribution in [-0.4, -0.2) is 96.7 Å². The molecule has 0 amide bonds. The monoisotopic (exact) mass is 1380 g/mol. The molecule has 0 spiro atoms. The molecule has 0 aliphatic rings. The molecular weight excluding hydrogens is 1230 g/mol. The van der Waals surface area contributed by atoms with E-state index in [1.807, 2.05) is 0 Å². The maximum atomic E-state index is 13.1. The number of hydrogen-bond donors (Lipinski definition) is 3. The molecule has 2 unspecified atom stereocenters. The first-order valence-electron chi connectivity index (χ1n) is 38.8. The van der Waals surface area contributed by atoms with Crippen molar-refractivity contribution in [1.29, 1.82) is 0 Å². The molecule has 17 nitrogen and oxygen atoms in total. The highest BCUT2D eigenvalue weighted by Gasteiger charge is 2.30. The van der Waals surface area contributed by atoms with Crippen LogP contribution in [0.3, 0.4) is 0 Å². The molecule has 5 atom stereocenters. The van der Waals surface area contributed by atoms with Crippen LogP contribution in [0.25, 0.3) is 0 Å². The lowest BCUT2D eigenvalue weighted by Gasteiger charge is -2.21. The highest BCUT2D eigenvalue weighted by atomic mass is 31.2. The molecule has 3 N–H and O–H groups in total. The van der Waals surface area contributed by atoms with Gasteiger partial charge in [0.1, 0.15) is 19.3 Å². The third-order valence-electron chi connectivity index (χ3n) is 17.4. The van der Waals surface area contributed by atoms with Gasteiger partial charge in [-0.05, 0) is 43.4 Å². The van der Waals surface area contributed by atoms with Crippen molar-refractivity contribution in [2.45, 2.75) is 401 Å². The van der Waals surface area contributed by atoms with Crippen LogP contribution in [0.15, 0.2) is 0 Å². The van der Waals surface area contributed by atoms with Gasteiger partial charge in [-0.3, -0.25) is 37.3 Å². The van der Waals surface area contributed by atoms with Gasteiger partial charge in [0, 0.05) is 25.7 Å². The van der Waals surface area contributed by atoms with E-state index in [-0.39, 0.29) is 25.7 Å². The van der Waals surface area contributed by atoms with Gasteiger partial charge in [-0.25, -0.2) is 9.13 Å². The normalized spacial score (nSPS) is 14.1. The minimum absolute atomic E-state index is 0.102. The number of carbonyl (C=O) groups is 4. The molecule has 0 aliphatic heterocycles. The van der Waals surface area contributed by atoms with E-state index >= 15 is 0 Å². The molecule has 558 valence electrons. The van der Waals surface area contributed by atoms with Crippen LogP contribution < -0.4 is 0 Å². The Bertz CT molecular complexity index is 1840. The fourth-order valence-electron chi connectivity index (χ4n) is 11.4. The summed E-state index contributed by atoms with van der Waals surface area (Å²) in [5, 5.41) is 10.6. The smallest absolute Gasteiger partial charge is 0.462 e. The highest BCUT2D eigenvalue weighted by Crippen LogP contribution is 2.45. The number of aliphatic hydroxyl groups is 1. The quantitative estimate of drug-likeness (QED) is 0.0222. The number of unbranched alkanes of at least 4 members (excludes halogenated alkanes) is 41. The lowest BCUT2D eigenvalue weighted by atomic mass is 10.0. The van der Waals surface area contributed by atoms with Crippen LogP contribution >= 0.6 is 15.6 Å². The third-order valence-corrected chi connectivity index (χ3v) is 19.3. The molecule has 0 saturated heterocycles. The standard InChI is InChI=1S/C75H146O17P2/c1-8-9-10-11-32-42-49-56-72(77)85-62-71(92-75(80)59-52-45-38-37-41-48-55-68(6)7)65-90-94(83,84)88-61-69(76)60-87-93(81,82)89-64-70(91-74(79)58-51-44-36-31-27-23-19-15-13-17-21-25-29-34-40-47-54-67(4)5)63-86-73(78)57-50-43-35-30-26-22-18-14-12-16-20-24-28-33-39-46-53-66(2)3/h66-71,76H,8-65H2,1-7H3,(H,81,82)(H,83,84)/t69-,70-,71-/m1/s1. The molecule has 0 aromatic rings. The SMILES string of the molecule is CCCCCCCCCC(=O)OC[C@H](COP(=O)(O)OC[C@H](O)COP(=O)(O)OC[C@@H](COC(=O)CCCCCCCCCCCCCCCCCCC(C)C)OC(=O)CCCCCCCCCCCCCCCCCCC(C)C)OC(=O)CCCCCCCCC(C)C. The van der Waals surface area contributed by atoms with Crippen molar-refractivity contribution in [2.24, 2.45) is 17.8 Å². The number of esters is 4. The van der Waals surface area contributed by atoms with Crippen molar-refractivity contribution in [3.8, 4) is 0 Å². The van der Waals surface area contributed by atoms with Crippen molar-refractivity contribution >= 4 is 39.5 Å². The maximum Gasteiger partial charge on any atom is 0.472 e. The van der Waals surface area contributed by atoms with Gasteiger partial charge in [-0.1, -0.05) is 331 Å². The van der Waals surface area contributed by atoms with Gasteiger partial charge >= 0.3 is 39.5 Å². The van der Waals surface area contributed by atoms with Crippen LogP contribution in [0, 0.1) is 17.8 Å². The van der Waals surface area contributed by atoms with Crippen LogP contribution in [0.5, 0.6) is 0 Å². The van der Waals surface area contributed by atoms with Gasteiger partial charge < -0.3 is 33.8 Å². The summed E-state index contributed by atoms with van der Waals surface area (Å²) in [7, 11) is -9.90. The van der Waals surface area contributed by atoms with E-state index in [2.05, 4.69) is 48.5 Å². The molecule has 0 heterocycles. The second-order valence-corrected chi connectivity index (χ2v) is 31.4. The van der Waals surface area contributed by atoms with Gasteiger partial charge in [0.05, 0.1) is 26.4 Å². The first kappa shape index (κ1) is 92.1. The lowest BCUT2D eigenvalue weighted by molar-refractivity contribution is -0.161. The molecular formula is C75H146O17P2. The van der Waals surface area contributed by atoms with Crippen LogP contribution in [0.4, 0.5) is 0 Å². The van der Waals surface area contributed by atoms with Crippen LogP contribution in [-0.2, 0) is 65.4 Å². The van der Waals surface area contributed by atoms with E-state index in [0.29, 0.717) is 31.6 Å². The van der Waals surface area contributed by atoms with Gasteiger partial charge in [0.15, 0.2) is 12.2 Å². The topological polar surface area (TPSA) is 237 Å². The largest absolute Gasteiger partial charge is 0.472 e. The van der Waals surface area contributed by atoms with Crippen molar-refractivity contribution < 1.29 is 80.2 Å². The summed E-state index contributed by atoms with van der Waals surface area (Å²) in [5.74, 6) is 0.163. The number of hydrogen-bond acceptors (Lipinski definition) is 15. The molecule has 0 saturated carbocycles. The second-order valence-electron chi connectivity index (χ2n) is 28.5. The Kier molecular flexibility index (Phi) is 64.3. The lowest BCUT2D eigenvalue weighted by Crippen LogP contribution is -2.30. The van der Waals surface area contributed by atoms with E-state index in [4.69, 9.17) is 37.0 Å². The average molecular weight is 1380 g/mol. The van der Waals surface area contributed by atoms with Gasteiger partial charge in [-0.15, -0.1) is 0 Å². The Morgan fingerprint density at radius 3 is 0.723 bits per heavy atom. The maximum absolute atomic E-state index is 13.1. The molecule has 0 bridgehead atoms. The number of phosphoric acid groups is 2. The zero-order chi connectivity index (χ0) is 69.4.